The van der Waals surface area contributed by atoms with Crippen LogP contribution in [0.1, 0.15) is 46.5 Å². The van der Waals surface area contributed by atoms with E-state index in [9.17, 15) is 9.18 Å². The first-order chi connectivity index (χ1) is 11.3. The zero-order chi connectivity index (χ0) is 17.3. The fourth-order valence-corrected chi connectivity index (χ4v) is 3.78. The Morgan fingerprint density at radius 1 is 1.17 bits per heavy atom. The molecule has 0 radical (unpaired) electrons. The van der Waals surface area contributed by atoms with Crippen molar-refractivity contribution in [3.8, 4) is 5.75 Å². The molecule has 24 heavy (non-hydrogen) atoms. The van der Waals surface area contributed by atoms with Crippen molar-refractivity contribution in [2.75, 3.05) is 6.61 Å². The SMILES string of the molecule is CC(C)(C)OC(=O)N1C2CC[C@H]1CC[C@H]2COc1ccc(F)cc1. The average Bonchev–Trinajstić information content (AvgIpc) is 2.82. The highest BCUT2D eigenvalue weighted by Crippen LogP contribution is 2.40. The molecule has 1 aromatic rings. The molecule has 1 unspecified atom stereocenters. The number of ether oxygens (including phenoxy) is 2. The van der Waals surface area contributed by atoms with E-state index < -0.39 is 5.60 Å². The summed E-state index contributed by atoms with van der Waals surface area (Å²) in [7, 11) is 0. The molecule has 3 atom stereocenters. The van der Waals surface area contributed by atoms with Crippen LogP contribution in [0.25, 0.3) is 0 Å². The van der Waals surface area contributed by atoms with Crippen molar-refractivity contribution in [2.24, 2.45) is 5.92 Å². The van der Waals surface area contributed by atoms with Gasteiger partial charge in [0.05, 0.1) is 6.61 Å². The quantitative estimate of drug-likeness (QED) is 0.823. The average molecular weight is 335 g/mol. The van der Waals surface area contributed by atoms with Crippen molar-refractivity contribution >= 4 is 6.09 Å². The zero-order valence-corrected chi connectivity index (χ0v) is 14.6. The van der Waals surface area contributed by atoms with Gasteiger partial charge in [0.2, 0.25) is 0 Å². The van der Waals surface area contributed by atoms with Gasteiger partial charge in [0, 0.05) is 18.0 Å². The second-order valence-corrected chi connectivity index (χ2v) is 7.79. The molecule has 2 aliphatic heterocycles. The van der Waals surface area contributed by atoms with Crippen molar-refractivity contribution in [1.29, 1.82) is 0 Å². The minimum Gasteiger partial charge on any atom is -0.493 e. The van der Waals surface area contributed by atoms with Crippen molar-refractivity contribution in [2.45, 2.75) is 64.1 Å². The molecule has 4 nitrogen and oxygen atoms in total. The first-order valence-electron chi connectivity index (χ1n) is 8.73. The molecule has 3 rings (SSSR count). The zero-order valence-electron chi connectivity index (χ0n) is 14.6. The maximum atomic E-state index is 13.0. The van der Waals surface area contributed by atoms with Crippen LogP contribution in [0.3, 0.4) is 0 Å². The Kier molecular flexibility index (Phi) is 4.70. The van der Waals surface area contributed by atoms with E-state index in [4.69, 9.17) is 9.47 Å². The largest absolute Gasteiger partial charge is 0.493 e. The van der Waals surface area contributed by atoms with Crippen LogP contribution in [-0.4, -0.2) is 35.3 Å². The van der Waals surface area contributed by atoms with E-state index >= 15 is 0 Å². The number of rotatable bonds is 3. The van der Waals surface area contributed by atoms with Gasteiger partial charge in [-0.15, -0.1) is 0 Å². The van der Waals surface area contributed by atoms with Gasteiger partial charge < -0.3 is 14.4 Å². The van der Waals surface area contributed by atoms with Crippen molar-refractivity contribution in [1.82, 2.24) is 4.90 Å². The Bertz CT molecular complexity index is 581. The van der Waals surface area contributed by atoms with E-state index in [1.807, 2.05) is 25.7 Å². The third-order valence-electron chi connectivity index (χ3n) is 4.84. The number of hydrogen-bond donors (Lipinski definition) is 0. The summed E-state index contributed by atoms with van der Waals surface area (Å²) in [6.07, 6.45) is 3.88. The van der Waals surface area contributed by atoms with Crippen LogP contribution in [0.5, 0.6) is 5.75 Å². The van der Waals surface area contributed by atoms with Crippen LogP contribution in [0.2, 0.25) is 0 Å². The third-order valence-corrected chi connectivity index (χ3v) is 4.84. The third kappa shape index (κ3) is 3.82. The van der Waals surface area contributed by atoms with Crippen LogP contribution in [0, 0.1) is 11.7 Å². The van der Waals surface area contributed by atoms with Gasteiger partial charge in [0.25, 0.3) is 0 Å². The van der Waals surface area contributed by atoms with Crippen LogP contribution < -0.4 is 4.74 Å². The molecule has 132 valence electrons. The molecule has 2 saturated heterocycles. The number of piperidine rings is 1. The van der Waals surface area contributed by atoms with E-state index in [0.717, 1.165) is 25.7 Å². The maximum Gasteiger partial charge on any atom is 0.410 e. The molecule has 0 aromatic heterocycles. The maximum absolute atomic E-state index is 13.0. The van der Waals surface area contributed by atoms with E-state index in [1.54, 1.807) is 12.1 Å². The number of benzene rings is 1. The number of carbonyl (C=O) groups is 1. The standard InChI is InChI=1S/C19H26FNO3/c1-19(2,3)24-18(22)21-15-7-4-13(17(21)11-8-15)12-23-16-9-5-14(20)6-10-16/h5-6,9-10,13,15,17H,4,7-8,11-12H2,1-3H3/t13-,15+,17?/m0/s1. The molecule has 5 heteroatoms. The molecule has 1 amide bonds. The summed E-state index contributed by atoms with van der Waals surface area (Å²) in [6, 6.07) is 6.55. The summed E-state index contributed by atoms with van der Waals surface area (Å²) >= 11 is 0. The fourth-order valence-electron chi connectivity index (χ4n) is 3.78. The molecule has 0 saturated carbocycles. The number of amides is 1. The fraction of sp³-hybridized carbons (Fsp3) is 0.632. The number of nitrogens with zero attached hydrogens (tertiary/aromatic N) is 1. The lowest BCUT2D eigenvalue weighted by atomic mass is 9.91. The van der Waals surface area contributed by atoms with Gasteiger partial charge in [-0.1, -0.05) is 0 Å². The van der Waals surface area contributed by atoms with Gasteiger partial charge in [0.15, 0.2) is 0 Å². The van der Waals surface area contributed by atoms with Crippen molar-refractivity contribution < 1.29 is 18.7 Å². The highest BCUT2D eigenvalue weighted by Gasteiger charge is 2.46. The second kappa shape index (κ2) is 6.61. The van der Waals surface area contributed by atoms with Gasteiger partial charge >= 0.3 is 6.09 Å². The van der Waals surface area contributed by atoms with Crippen LogP contribution in [-0.2, 0) is 4.74 Å². The second-order valence-electron chi connectivity index (χ2n) is 7.79. The number of fused-ring (bicyclic) bond motifs is 2. The molecule has 0 aliphatic carbocycles. The van der Waals surface area contributed by atoms with Crippen LogP contribution >= 0.6 is 0 Å². The molecule has 0 N–H and O–H groups in total. The Labute approximate surface area is 142 Å². The first-order valence-corrected chi connectivity index (χ1v) is 8.73. The summed E-state index contributed by atoms with van der Waals surface area (Å²) in [5.74, 6) is 0.691. The van der Waals surface area contributed by atoms with Gasteiger partial charge in [-0.2, -0.15) is 0 Å². The predicted molar refractivity (Wildman–Crippen MR) is 89.5 cm³/mol. The van der Waals surface area contributed by atoms with Gasteiger partial charge in [-0.05, 0) is 70.7 Å². The Balaban J connectivity index is 1.63. The highest BCUT2D eigenvalue weighted by atomic mass is 19.1. The molecule has 2 bridgehead atoms. The summed E-state index contributed by atoms with van der Waals surface area (Å²) < 4.78 is 24.4. The van der Waals surface area contributed by atoms with Gasteiger partial charge in [-0.3, -0.25) is 0 Å². The Morgan fingerprint density at radius 3 is 2.50 bits per heavy atom. The Hall–Kier alpha value is -1.78. The summed E-state index contributed by atoms with van der Waals surface area (Å²) in [6.45, 7) is 6.23. The minimum atomic E-state index is -0.478. The van der Waals surface area contributed by atoms with E-state index in [1.165, 1.54) is 12.1 Å². The highest BCUT2D eigenvalue weighted by molar-refractivity contribution is 5.69. The van der Waals surface area contributed by atoms with Crippen molar-refractivity contribution in [3.63, 3.8) is 0 Å². The Morgan fingerprint density at radius 2 is 1.83 bits per heavy atom. The molecule has 2 aliphatic rings. The summed E-state index contributed by atoms with van der Waals surface area (Å²) in [4.78, 5) is 14.5. The molecule has 2 fully saturated rings. The molecule has 1 aromatic carbocycles. The molecule has 2 heterocycles. The topological polar surface area (TPSA) is 38.8 Å². The van der Waals surface area contributed by atoms with Gasteiger partial charge in [-0.25, -0.2) is 9.18 Å². The normalized spacial score (nSPS) is 26.3. The smallest absolute Gasteiger partial charge is 0.410 e. The molecule has 0 spiro atoms. The summed E-state index contributed by atoms with van der Waals surface area (Å²) in [5, 5.41) is 0. The van der Waals surface area contributed by atoms with Crippen LogP contribution in [0.4, 0.5) is 9.18 Å². The van der Waals surface area contributed by atoms with E-state index in [2.05, 4.69) is 0 Å². The summed E-state index contributed by atoms with van der Waals surface area (Å²) in [5.41, 5.74) is -0.478. The molecular weight excluding hydrogens is 309 g/mol. The number of hydrogen-bond acceptors (Lipinski definition) is 3. The lowest BCUT2D eigenvalue weighted by Gasteiger charge is -2.40. The number of carbonyl (C=O) groups excluding carboxylic acids is 1. The van der Waals surface area contributed by atoms with E-state index in [0.29, 0.717) is 24.3 Å². The first kappa shape index (κ1) is 17.1. The number of halogens is 1. The van der Waals surface area contributed by atoms with E-state index in [-0.39, 0.29) is 18.0 Å². The monoisotopic (exact) mass is 335 g/mol. The van der Waals surface area contributed by atoms with Gasteiger partial charge in [0.1, 0.15) is 17.2 Å². The lowest BCUT2D eigenvalue weighted by Crippen LogP contribution is -2.51. The van der Waals surface area contributed by atoms with Crippen molar-refractivity contribution in [3.05, 3.63) is 30.1 Å². The van der Waals surface area contributed by atoms with Crippen LogP contribution in [0.15, 0.2) is 24.3 Å². The molecular formula is C19H26FNO3. The minimum absolute atomic E-state index is 0.180. The lowest BCUT2D eigenvalue weighted by molar-refractivity contribution is -0.00590. The predicted octanol–water partition coefficient (Wildman–Crippen LogP) is 4.38.